The van der Waals surface area contributed by atoms with E-state index in [9.17, 15) is 4.39 Å². The average molecular weight is 433 g/mol. The number of aromatic nitrogens is 3. The van der Waals surface area contributed by atoms with Crippen LogP contribution in [0.15, 0.2) is 30.5 Å². The Morgan fingerprint density at radius 3 is 2.78 bits per heavy atom. The molecule has 3 unspecified atom stereocenters. The Morgan fingerprint density at radius 2 is 2.09 bits per heavy atom. The maximum absolute atomic E-state index is 14.5. The maximum Gasteiger partial charge on any atom is 0.324 e. The van der Waals surface area contributed by atoms with Gasteiger partial charge in [-0.15, -0.1) is 0 Å². The summed E-state index contributed by atoms with van der Waals surface area (Å²) in [7, 11) is 1.81. The topological polar surface area (TPSA) is 89.2 Å². The summed E-state index contributed by atoms with van der Waals surface area (Å²) >= 11 is 0. The molecule has 8 heteroatoms. The van der Waals surface area contributed by atoms with Crippen LogP contribution in [0.1, 0.15) is 29.8 Å². The van der Waals surface area contributed by atoms with E-state index in [-0.39, 0.29) is 17.9 Å². The molecule has 2 aromatic heterocycles. The standard InChI is InChI=1S/C24H25FN6O/c1-12-3-4-16(10-28-12)32-24-29-21-9-17-18(6-14(25)7-20(17)27-2)22(21)23(30-24)31-11-13-5-15(31)8-19(13)26/h3-4,6-7,10,13,15,19,27H,5,8-9,11,26H2,1-2H3. The van der Waals surface area contributed by atoms with Crippen molar-refractivity contribution in [2.45, 2.75) is 38.3 Å². The normalized spacial score (nSPS) is 22.8. The molecule has 1 aromatic carbocycles. The minimum absolute atomic E-state index is 0.237. The van der Waals surface area contributed by atoms with E-state index >= 15 is 0 Å². The van der Waals surface area contributed by atoms with E-state index < -0.39 is 0 Å². The van der Waals surface area contributed by atoms with Crippen LogP contribution in [0.5, 0.6) is 11.8 Å². The summed E-state index contributed by atoms with van der Waals surface area (Å²) in [5.74, 6) is 1.58. The van der Waals surface area contributed by atoms with Gasteiger partial charge in [-0.1, -0.05) is 0 Å². The molecule has 6 rings (SSSR count). The largest absolute Gasteiger partial charge is 0.423 e. The zero-order valence-corrected chi connectivity index (χ0v) is 18.1. The number of benzene rings is 1. The molecule has 3 heterocycles. The number of rotatable bonds is 4. The number of nitrogens with zero attached hydrogens (tertiary/aromatic N) is 4. The van der Waals surface area contributed by atoms with E-state index in [2.05, 4.69) is 15.2 Å². The third-order valence-electron chi connectivity index (χ3n) is 7.00. The lowest BCUT2D eigenvalue weighted by Gasteiger charge is -2.32. The van der Waals surface area contributed by atoms with E-state index in [1.807, 2.05) is 26.1 Å². The lowest BCUT2D eigenvalue weighted by atomic mass is 10.0. The molecule has 0 radical (unpaired) electrons. The molecule has 3 N–H and O–H groups in total. The molecule has 1 saturated heterocycles. The summed E-state index contributed by atoms with van der Waals surface area (Å²) in [6.45, 7) is 2.78. The predicted octanol–water partition coefficient (Wildman–Crippen LogP) is 3.65. The van der Waals surface area contributed by atoms with Gasteiger partial charge >= 0.3 is 6.01 Å². The van der Waals surface area contributed by atoms with E-state index in [1.165, 1.54) is 6.07 Å². The third-order valence-corrected chi connectivity index (χ3v) is 7.00. The van der Waals surface area contributed by atoms with Crippen molar-refractivity contribution < 1.29 is 9.13 Å². The number of anilines is 2. The van der Waals surface area contributed by atoms with Gasteiger partial charge in [0.1, 0.15) is 17.4 Å². The van der Waals surface area contributed by atoms with Crippen LogP contribution in [0.25, 0.3) is 11.1 Å². The third kappa shape index (κ3) is 3.01. The molecule has 2 aliphatic carbocycles. The molecule has 0 spiro atoms. The zero-order valence-electron chi connectivity index (χ0n) is 18.1. The highest BCUT2D eigenvalue weighted by molar-refractivity contribution is 5.88. The monoisotopic (exact) mass is 432 g/mol. The molecular weight excluding hydrogens is 407 g/mol. The van der Waals surface area contributed by atoms with Crippen LogP contribution in [0.2, 0.25) is 0 Å². The van der Waals surface area contributed by atoms with Gasteiger partial charge in [0.25, 0.3) is 0 Å². The number of halogens is 1. The molecule has 164 valence electrons. The fourth-order valence-corrected chi connectivity index (χ4v) is 5.44. The second kappa shape index (κ2) is 7.13. The first-order valence-electron chi connectivity index (χ1n) is 11.0. The summed E-state index contributed by atoms with van der Waals surface area (Å²) < 4.78 is 20.5. The van der Waals surface area contributed by atoms with Crippen molar-refractivity contribution in [3.05, 3.63) is 53.2 Å². The summed E-state index contributed by atoms with van der Waals surface area (Å²) in [6, 6.07) is 7.74. The Bertz CT molecular complexity index is 1210. The predicted molar refractivity (Wildman–Crippen MR) is 121 cm³/mol. The van der Waals surface area contributed by atoms with Gasteiger partial charge in [0.2, 0.25) is 0 Å². The van der Waals surface area contributed by atoms with Crippen molar-refractivity contribution >= 4 is 11.5 Å². The van der Waals surface area contributed by atoms with Crippen molar-refractivity contribution in [2.75, 3.05) is 23.8 Å². The Morgan fingerprint density at radius 1 is 1.22 bits per heavy atom. The Balaban J connectivity index is 1.48. The number of hydrogen-bond acceptors (Lipinski definition) is 7. The number of pyridine rings is 1. The molecule has 7 nitrogen and oxygen atoms in total. The van der Waals surface area contributed by atoms with Gasteiger partial charge in [-0.3, -0.25) is 4.98 Å². The molecule has 3 aromatic rings. The van der Waals surface area contributed by atoms with Gasteiger partial charge in [0.15, 0.2) is 0 Å². The van der Waals surface area contributed by atoms with Gasteiger partial charge < -0.3 is 20.7 Å². The summed E-state index contributed by atoms with van der Waals surface area (Å²) in [6.07, 6.45) is 4.28. The van der Waals surface area contributed by atoms with Crippen molar-refractivity contribution in [3.63, 3.8) is 0 Å². The second-order valence-electron chi connectivity index (χ2n) is 9.00. The highest BCUT2D eigenvalue weighted by atomic mass is 19.1. The van der Waals surface area contributed by atoms with Crippen LogP contribution in [0, 0.1) is 18.7 Å². The Labute approximate surface area is 185 Å². The highest BCUT2D eigenvalue weighted by Gasteiger charge is 2.45. The van der Waals surface area contributed by atoms with Gasteiger partial charge in [-0.05, 0) is 61.1 Å². The van der Waals surface area contributed by atoms with Gasteiger partial charge in [-0.25, -0.2) is 4.39 Å². The second-order valence-corrected chi connectivity index (χ2v) is 9.00. The Hall–Kier alpha value is -3.26. The quantitative estimate of drug-likeness (QED) is 0.509. The number of ether oxygens (including phenoxy) is 1. The summed E-state index contributed by atoms with van der Waals surface area (Å²) in [5, 5.41) is 3.13. The van der Waals surface area contributed by atoms with E-state index in [4.69, 9.17) is 20.4 Å². The van der Waals surface area contributed by atoms with Crippen molar-refractivity contribution in [1.82, 2.24) is 15.0 Å². The number of nitrogens with one attached hydrogen (secondary N) is 1. The fourth-order valence-electron chi connectivity index (χ4n) is 5.44. The highest BCUT2D eigenvalue weighted by Crippen LogP contribution is 2.48. The van der Waals surface area contributed by atoms with Crippen LogP contribution >= 0.6 is 0 Å². The van der Waals surface area contributed by atoms with Gasteiger partial charge in [0.05, 0.1) is 11.9 Å². The van der Waals surface area contributed by atoms with E-state index in [0.29, 0.717) is 24.1 Å². The van der Waals surface area contributed by atoms with Crippen molar-refractivity contribution in [1.29, 1.82) is 0 Å². The van der Waals surface area contributed by atoms with Crippen molar-refractivity contribution in [3.8, 4) is 22.9 Å². The molecular formula is C24H25FN6O. The number of hydrogen-bond donors (Lipinski definition) is 2. The minimum atomic E-state index is -0.275. The lowest BCUT2D eigenvalue weighted by Crippen LogP contribution is -2.41. The van der Waals surface area contributed by atoms with Crippen LogP contribution in [-0.2, 0) is 6.42 Å². The lowest BCUT2D eigenvalue weighted by molar-refractivity contribution is 0.434. The zero-order chi connectivity index (χ0) is 22.0. The molecule has 2 fully saturated rings. The first-order valence-corrected chi connectivity index (χ1v) is 11.0. The van der Waals surface area contributed by atoms with Crippen LogP contribution in [-0.4, -0.2) is 40.6 Å². The number of nitrogens with two attached hydrogens (primary N) is 1. The molecule has 1 aliphatic heterocycles. The Kier molecular flexibility index (Phi) is 4.33. The fraction of sp³-hybridized carbons (Fsp3) is 0.375. The molecule has 3 aliphatic rings. The number of piperidine rings is 1. The van der Waals surface area contributed by atoms with E-state index in [1.54, 1.807) is 12.3 Å². The number of fused-ring (bicyclic) bond motifs is 5. The first kappa shape index (κ1) is 19.4. The van der Waals surface area contributed by atoms with Crippen LogP contribution in [0.3, 0.4) is 0 Å². The SMILES string of the molecule is CNc1cc(F)cc2c1Cc1nc(Oc3ccc(C)nc3)nc(N3CC4CC3CC4N)c1-2. The minimum Gasteiger partial charge on any atom is -0.423 e. The molecule has 0 amide bonds. The summed E-state index contributed by atoms with van der Waals surface area (Å²) in [5.41, 5.74) is 11.6. The van der Waals surface area contributed by atoms with Crippen molar-refractivity contribution in [2.24, 2.45) is 11.7 Å². The molecule has 3 atom stereocenters. The van der Waals surface area contributed by atoms with Gasteiger partial charge in [0, 0.05) is 49.0 Å². The summed E-state index contributed by atoms with van der Waals surface area (Å²) in [4.78, 5) is 16.2. The first-order chi connectivity index (χ1) is 15.5. The smallest absolute Gasteiger partial charge is 0.324 e. The number of aryl methyl sites for hydroxylation is 1. The van der Waals surface area contributed by atoms with Crippen LogP contribution < -0.4 is 20.7 Å². The molecule has 32 heavy (non-hydrogen) atoms. The van der Waals surface area contributed by atoms with E-state index in [0.717, 1.165) is 59.0 Å². The maximum atomic E-state index is 14.5. The molecule has 2 bridgehead atoms. The molecule has 1 saturated carbocycles. The van der Waals surface area contributed by atoms with Gasteiger partial charge in [-0.2, -0.15) is 9.97 Å². The average Bonchev–Trinajstić information content (AvgIpc) is 3.46. The van der Waals surface area contributed by atoms with Crippen LogP contribution in [0.4, 0.5) is 15.9 Å².